The summed E-state index contributed by atoms with van der Waals surface area (Å²) >= 11 is 0. The second-order valence-corrected chi connectivity index (χ2v) is 3.57. The molecule has 2 aromatic carbocycles. The van der Waals surface area contributed by atoms with E-state index in [1.54, 1.807) is 0 Å². The van der Waals surface area contributed by atoms with Crippen molar-refractivity contribution in [1.82, 2.24) is 0 Å². The maximum atomic E-state index is 10.9. The normalized spacial score (nSPS) is 9.81. The zero-order valence-corrected chi connectivity index (χ0v) is 9.01. The Hall–Kier alpha value is -2.09. The van der Waals surface area contributed by atoms with Gasteiger partial charge in [-0.1, -0.05) is 29.8 Å². The van der Waals surface area contributed by atoms with Gasteiger partial charge in [-0.05, 0) is 31.2 Å². The molecule has 0 aliphatic carbocycles. The summed E-state index contributed by atoms with van der Waals surface area (Å²) in [5.74, 6) is 1.32. The van der Waals surface area contributed by atoms with Crippen molar-refractivity contribution in [1.29, 1.82) is 0 Å². The van der Waals surface area contributed by atoms with Crippen molar-refractivity contribution in [3.05, 3.63) is 59.7 Å². The molecule has 0 spiro atoms. The number of ether oxygens (including phenoxy) is 1. The highest BCUT2D eigenvalue weighted by Gasteiger charge is 2.03. The van der Waals surface area contributed by atoms with Crippen molar-refractivity contribution >= 4 is 6.29 Å². The largest absolute Gasteiger partial charge is 0.457 e. The van der Waals surface area contributed by atoms with Crippen LogP contribution in [0.4, 0.5) is 0 Å². The minimum atomic E-state index is 0.573. The van der Waals surface area contributed by atoms with Crippen LogP contribution in [0.15, 0.2) is 48.5 Å². The number of rotatable bonds is 3. The van der Waals surface area contributed by atoms with E-state index in [0.717, 1.165) is 17.6 Å². The molecule has 0 atom stereocenters. The molecule has 0 aromatic heterocycles. The molecule has 0 aliphatic rings. The second-order valence-electron chi connectivity index (χ2n) is 3.57. The van der Waals surface area contributed by atoms with Crippen LogP contribution in [0.25, 0.3) is 0 Å². The summed E-state index contributed by atoms with van der Waals surface area (Å²) in [6.45, 7) is 1.94. The molecule has 2 aromatic rings. The molecule has 0 unspecified atom stereocenters. The molecular weight excluding hydrogens is 200 g/mol. The van der Waals surface area contributed by atoms with Gasteiger partial charge in [-0.2, -0.15) is 0 Å². The first-order chi connectivity index (χ1) is 7.79. The molecule has 2 nitrogen and oxygen atoms in total. The number of carbonyl (C=O) groups is 1. The van der Waals surface area contributed by atoms with Crippen LogP contribution in [0.5, 0.6) is 11.5 Å². The lowest BCUT2D eigenvalue weighted by Gasteiger charge is -2.08. The number of hydrogen-bond acceptors (Lipinski definition) is 2. The summed E-state index contributed by atoms with van der Waals surface area (Å²) in [7, 11) is 0. The Morgan fingerprint density at radius 2 is 1.81 bits per heavy atom. The lowest BCUT2D eigenvalue weighted by molar-refractivity contribution is 0.112. The Kier molecular flexibility index (Phi) is 3.01. The molecule has 0 heterocycles. The first-order valence-electron chi connectivity index (χ1n) is 5.08. The summed E-state index contributed by atoms with van der Waals surface area (Å²) in [6.07, 6.45) is 0.811. The minimum Gasteiger partial charge on any atom is -0.457 e. The molecule has 16 heavy (non-hydrogen) atoms. The highest BCUT2D eigenvalue weighted by atomic mass is 16.5. The van der Waals surface area contributed by atoms with Crippen LogP contribution in [-0.4, -0.2) is 6.29 Å². The fourth-order valence-corrected chi connectivity index (χ4v) is 1.47. The zero-order valence-electron chi connectivity index (χ0n) is 9.01. The van der Waals surface area contributed by atoms with Crippen LogP contribution >= 0.6 is 0 Å². The SMILES string of the molecule is Cc1ccc(Oc2ccccc2)c(C=O)c1. The van der Waals surface area contributed by atoms with Crippen LogP contribution in [0, 0.1) is 6.92 Å². The Balaban J connectivity index is 2.31. The lowest BCUT2D eigenvalue weighted by atomic mass is 10.1. The van der Waals surface area contributed by atoms with Gasteiger partial charge in [0.1, 0.15) is 11.5 Å². The number of para-hydroxylation sites is 1. The summed E-state index contributed by atoms with van der Waals surface area (Å²) in [4.78, 5) is 10.9. The molecule has 2 heteroatoms. The molecule has 0 aliphatic heterocycles. The molecule has 80 valence electrons. The third-order valence-electron chi connectivity index (χ3n) is 2.26. The summed E-state index contributed by atoms with van der Waals surface area (Å²) in [5, 5.41) is 0. The first kappa shape index (κ1) is 10.4. The summed E-state index contributed by atoms with van der Waals surface area (Å²) in [5.41, 5.74) is 1.62. The second kappa shape index (κ2) is 4.62. The van der Waals surface area contributed by atoms with E-state index in [-0.39, 0.29) is 0 Å². The fraction of sp³-hybridized carbons (Fsp3) is 0.0714. The maximum absolute atomic E-state index is 10.9. The standard InChI is InChI=1S/C14H12O2/c1-11-7-8-14(12(9-11)10-15)16-13-5-3-2-4-6-13/h2-10H,1H3. The van der Waals surface area contributed by atoms with E-state index in [9.17, 15) is 4.79 Å². The Bertz CT molecular complexity index is 489. The van der Waals surface area contributed by atoms with Gasteiger partial charge in [0.25, 0.3) is 0 Å². The van der Waals surface area contributed by atoms with E-state index in [1.807, 2.05) is 55.5 Å². The topological polar surface area (TPSA) is 26.3 Å². The Labute approximate surface area is 94.5 Å². The van der Waals surface area contributed by atoms with E-state index in [4.69, 9.17) is 4.74 Å². The predicted octanol–water partition coefficient (Wildman–Crippen LogP) is 3.60. The molecule has 0 N–H and O–H groups in total. The van der Waals surface area contributed by atoms with Crippen LogP contribution in [0.1, 0.15) is 15.9 Å². The van der Waals surface area contributed by atoms with Gasteiger partial charge >= 0.3 is 0 Å². The van der Waals surface area contributed by atoms with Gasteiger partial charge in [0.2, 0.25) is 0 Å². The molecule has 0 saturated carbocycles. The van der Waals surface area contributed by atoms with Gasteiger partial charge in [-0.25, -0.2) is 0 Å². The molecule has 2 rings (SSSR count). The minimum absolute atomic E-state index is 0.573. The van der Waals surface area contributed by atoms with E-state index in [1.165, 1.54) is 0 Å². The maximum Gasteiger partial charge on any atom is 0.153 e. The highest BCUT2D eigenvalue weighted by molar-refractivity contribution is 5.79. The number of hydrogen-bond donors (Lipinski definition) is 0. The van der Waals surface area contributed by atoms with Crippen LogP contribution in [0.3, 0.4) is 0 Å². The van der Waals surface area contributed by atoms with E-state index < -0.39 is 0 Å². The van der Waals surface area contributed by atoms with Crippen LogP contribution in [0.2, 0.25) is 0 Å². The average Bonchev–Trinajstić information content (AvgIpc) is 2.33. The van der Waals surface area contributed by atoms with Crippen molar-refractivity contribution in [2.24, 2.45) is 0 Å². The average molecular weight is 212 g/mol. The first-order valence-corrected chi connectivity index (χ1v) is 5.08. The summed E-state index contributed by atoms with van der Waals surface area (Å²) < 4.78 is 5.62. The third-order valence-corrected chi connectivity index (χ3v) is 2.26. The molecule has 0 fully saturated rings. The monoisotopic (exact) mass is 212 g/mol. The van der Waals surface area contributed by atoms with Crippen LogP contribution < -0.4 is 4.74 Å². The third kappa shape index (κ3) is 2.28. The summed E-state index contributed by atoms with van der Waals surface area (Å²) in [6, 6.07) is 15.0. The molecule has 0 amide bonds. The van der Waals surface area contributed by atoms with Gasteiger partial charge in [0, 0.05) is 0 Å². The van der Waals surface area contributed by atoms with Gasteiger partial charge < -0.3 is 4.74 Å². The number of aryl methyl sites for hydroxylation is 1. The number of carbonyl (C=O) groups excluding carboxylic acids is 1. The molecular formula is C14H12O2. The smallest absolute Gasteiger partial charge is 0.153 e. The van der Waals surface area contributed by atoms with Gasteiger partial charge in [0.15, 0.2) is 6.29 Å². The van der Waals surface area contributed by atoms with Gasteiger partial charge in [0.05, 0.1) is 5.56 Å². The zero-order chi connectivity index (χ0) is 11.4. The van der Waals surface area contributed by atoms with Gasteiger partial charge in [-0.15, -0.1) is 0 Å². The van der Waals surface area contributed by atoms with Gasteiger partial charge in [-0.3, -0.25) is 4.79 Å². The predicted molar refractivity (Wildman–Crippen MR) is 63.1 cm³/mol. The highest BCUT2D eigenvalue weighted by Crippen LogP contribution is 2.24. The van der Waals surface area contributed by atoms with Crippen molar-refractivity contribution in [2.75, 3.05) is 0 Å². The fourth-order valence-electron chi connectivity index (χ4n) is 1.47. The quantitative estimate of drug-likeness (QED) is 0.726. The van der Waals surface area contributed by atoms with E-state index >= 15 is 0 Å². The van der Waals surface area contributed by atoms with Crippen molar-refractivity contribution in [3.8, 4) is 11.5 Å². The Morgan fingerprint density at radius 1 is 1.06 bits per heavy atom. The van der Waals surface area contributed by atoms with Crippen molar-refractivity contribution in [3.63, 3.8) is 0 Å². The molecule has 0 saturated heterocycles. The Morgan fingerprint density at radius 3 is 2.50 bits per heavy atom. The number of aldehydes is 1. The van der Waals surface area contributed by atoms with Crippen LogP contribution in [-0.2, 0) is 0 Å². The lowest BCUT2D eigenvalue weighted by Crippen LogP contribution is -1.90. The van der Waals surface area contributed by atoms with Crippen molar-refractivity contribution in [2.45, 2.75) is 6.92 Å². The number of benzene rings is 2. The van der Waals surface area contributed by atoms with E-state index in [0.29, 0.717) is 11.3 Å². The van der Waals surface area contributed by atoms with E-state index in [2.05, 4.69) is 0 Å². The van der Waals surface area contributed by atoms with Crippen molar-refractivity contribution < 1.29 is 9.53 Å². The molecule has 0 radical (unpaired) electrons. The molecule has 0 bridgehead atoms.